The van der Waals surface area contributed by atoms with Crippen LogP contribution in [0.5, 0.6) is 28.9 Å². The number of nitrogens with two attached hydrogens (primary N) is 1. The van der Waals surface area contributed by atoms with Crippen molar-refractivity contribution < 1.29 is 32.9 Å². The molecule has 2 aromatic heterocycles. The summed E-state index contributed by atoms with van der Waals surface area (Å²) >= 11 is 1.31. The van der Waals surface area contributed by atoms with Crippen molar-refractivity contribution in [3.63, 3.8) is 0 Å². The minimum absolute atomic E-state index is 0.132. The Morgan fingerprint density at radius 1 is 1.09 bits per heavy atom. The van der Waals surface area contributed by atoms with Gasteiger partial charge in [-0.1, -0.05) is 11.8 Å². The summed E-state index contributed by atoms with van der Waals surface area (Å²) in [6.45, 7) is 2.53. The van der Waals surface area contributed by atoms with E-state index in [2.05, 4.69) is 15.0 Å². The molecule has 2 aromatic carbocycles. The molecule has 1 unspecified atom stereocenters. The summed E-state index contributed by atoms with van der Waals surface area (Å²) in [6.07, 6.45) is 3.39. The molecule has 1 aliphatic heterocycles. The SMILES string of the molecule is CCOC(=O)c1ccc(Sc2ccc(Oc3c(F)cnc(Oc4cc(C(=N)N)ccc4O)c3F)c(C3N=CCN3C)c2)nc1. The van der Waals surface area contributed by atoms with Crippen molar-refractivity contribution in [1.82, 2.24) is 14.9 Å². The predicted molar refractivity (Wildman–Crippen MR) is 158 cm³/mol. The molecule has 3 heterocycles. The number of phenolic OH excluding ortho intramolecular Hbond substituents is 1. The lowest BCUT2D eigenvalue weighted by Crippen LogP contribution is -2.19. The van der Waals surface area contributed by atoms with Crippen LogP contribution in [-0.2, 0) is 4.74 Å². The van der Waals surface area contributed by atoms with Crippen molar-refractivity contribution in [1.29, 1.82) is 5.41 Å². The third-order valence-corrected chi connectivity index (χ3v) is 7.29. The molecule has 14 heteroatoms. The van der Waals surface area contributed by atoms with Crippen molar-refractivity contribution in [2.75, 3.05) is 20.2 Å². The number of aromatic hydroxyl groups is 1. The Kier molecular flexibility index (Phi) is 9.01. The molecule has 1 atom stereocenters. The molecular weight excluding hydrogens is 594 g/mol. The molecule has 5 rings (SSSR count). The van der Waals surface area contributed by atoms with E-state index < -0.39 is 35.4 Å². The van der Waals surface area contributed by atoms with Gasteiger partial charge in [0.15, 0.2) is 17.3 Å². The first kappa shape index (κ1) is 30.4. The molecule has 0 bridgehead atoms. The van der Waals surface area contributed by atoms with Crippen molar-refractivity contribution in [2.24, 2.45) is 10.7 Å². The minimum atomic E-state index is -1.25. The molecule has 0 amide bonds. The molecule has 0 aliphatic carbocycles. The first-order chi connectivity index (χ1) is 21.1. The molecule has 44 heavy (non-hydrogen) atoms. The number of halogens is 2. The van der Waals surface area contributed by atoms with Gasteiger partial charge in [0.25, 0.3) is 5.88 Å². The standard InChI is InChI=1S/C30H26F2N6O5S/c1-3-41-30(40)17-5-9-24(36-14-17)44-18-6-8-22(19(13-18)28-35-10-11-38(28)2)42-26-20(31)15-37-29(25(26)32)43-23-12-16(27(33)34)4-7-21(23)39/h4-10,12-15,28,39H,3,11H2,1-2H3,(H3,33,34). The smallest absolute Gasteiger partial charge is 0.339 e. The maximum absolute atomic E-state index is 15.6. The third-order valence-electron chi connectivity index (χ3n) is 6.35. The summed E-state index contributed by atoms with van der Waals surface area (Å²) in [6, 6.07) is 12.2. The van der Waals surface area contributed by atoms with E-state index in [0.29, 0.717) is 22.7 Å². The molecular formula is C30H26F2N6O5S. The zero-order chi connectivity index (χ0) is 31.4. The average Bonchev–Trinajstić information content (AvgIpc) is 3.44. The van der Waals surface area contributed by atoms with Crippen LogP contribution in [0, 0.1) is 17.0 Å². The number of benzene rings is 2. The highest BCUT2D eigenvalue weighted by Crippen LogP contribution is 2.41. The summed E-state index contributed by atoms with van der Waals surface area (Å²) in [4.78, 5) is 27.1. The van der Waals surface area contributed by atoms with Crippen LogP contribution in [0.25, 0.3) is 0 Å². The fourth-order valence-corrected chi connectivity index (χ4v) is 4.97. The zero-order valence-corrected chi connectivity index (χ0v) is 24.3. The predicted octanol–water partition coefficient (Wildman–Crippen LogP) is 5.67. The Balaban J connectivity index is 1.45. The van der Waals surface area contributed by atoms with Crippen molar-refractivity contribution in [2.45, 2.75) is 23.0 Å². The molecule has 0 spiro atoms. The maximum Gasteiger partial charge on any atom is 0.339 e. The highest BCUT2D eigenvalue weighted by Gasteiger charge is 2.27. The van der Waals surface area contributed by atoms with E-state index >= 15 is 4.39 Å². The van der Waals surface area contributed by atoms with Gasteiger partial charge in [-0.15, -0.1) is 0 Å². The van der Waals surface area contributed by atoms with Crippen LogP contribution in [0.3, 0.4) is 0 Å². The Hall–Kier alpha value is -5.08. The number of ether oxygens (including phenoxy) is 3. The normalized spacial score (nSPS) is 14.4. The van der Waals surface area contributed by atoms with E-state index in [0.717, 1.165) is 11.1 Å². The van der Waals surface area contributed by atoms with Crippen LogP contribution in [0.2, 0.25) is 0 Å². The number of nitrogens with zero attached hydrogens (tertiary/aromatic N) is 4. The van der Waals surface area contributed by atoms with Crippen LogP contribution in [0.4, 0.5) is 8.78 Å². The van der Waals surface area contributed by atoms with E-state index in [1.165, 1.54) is 36.2 Å². The topological polar surface area (TPSA) is 156 Å². The van der Waals surface area contributed by atoms with Gasteiger partial charge in [0.2, 0.25) is 11.6 Å². The second kappa shape index (κ2) is 13.1. The number of phenols is 1. The van der Waals surface area contributed by atoms with E-state index in [9.17, 15) is 14.3 Å². The fourth-order valence-electron chi connectivity index (χ4n) is 4.16. The highest BCUT2D eigenvalue weighted by molar-refractivity contribution is 7.99. The Labute approximate surface area is 254 Å². The van der Waals surface area contributed by atoms with Crippen molar-refractivity contribution in [3.8, 4) is 28.9 Å². The van der Waals surface area contributed by atoms with Crippen LogP contribution in [0.1, 0.15) is 34.6 Å². The second-order valence-electron chi connectivity index (χ2n) is 9.41. The lowest BCUT2D eigenvalue weighted by atomic mass is 10.1. The first-order valence-electron chi connectivity index (χ1n) is 13.2. The van der Waals surface area contributed by atoms with Gasteiger partial charge in [-0.05, 0) is 62.5 Å². The van der Waals surface area contributed by atoms with Gasteiger partial charge in [-0.25, -0.2) is 19.2 Å². The molecule has 1 aliphatic rings. The largest absolute Gasteiger partial charge is 0.504 e. The summed E-state index contributed by atoms with van der Waals surface area (Å²) in [5.41, 5.74) is 6.56. The van der Waals surface area contributed by atoms with Gasteiger partial charge < -0.3 is 25.1 Å². The quantitative estimate of drug-likeness (QED) is 0.115. The third kappa shape index (κ3) is 6.61. The maximum atomic E-state index is 15.6. The minimum Gasteiger partial charge on any atom is -0.504 e. The van der Waals surface area contributed by atoms with Gasteiger partial charge in [0.05, 0.1) is 18.4 Å². The molecule has 0 radical (unpaired) electrons. The number of hydrogen-bond donors (Lipinski definition) is 3. The zero-order valence-electron chi connectivity index (χ0n) is 23.5. The van der Waals surface area contributed by atoms with Crippen LogP contribution < -0.4 is 15.2 Å². The highest BCUT2D eigenvalue weighted by atomic mass is 32.2. The number of carbonyl (C=O) groups excluding carboxylic acids is 1. The Morgan fingerprint density at radius 3 is 2.57 bits per heavy atom. The number of hydrogen-bond acceptors (Lipinski definition) is 11. The van der Waals surface area contributed by atoms with Crippen molar-refractivity contribution in [3.05, 3.63) is 89.2 Å². The molecule has 4 aromatic rings. The lowest BCUT2D eigenvalue weighted by molar-refractivity contribution is 0.0525. The lowest BCUT2D eigenvalue weighted by Gasteiger charge is -2.22. The Morgan fingerprint density at radius 2 is 1.89 bits per heavy atom. The monoisotopic (exact) mass is 620 g/mol. The molecule has 11 nitrogen and oxygen atoms in total. The molecule has 226 valence electrons. The van der Waals surface area contributed by atoms with E-state index in [-0.39, 0.29) is 35.3 Å². The molecule has 0 fully saturated rings. The number of pyridine rings is 2. The van der Waals surface area contributed by atoms with Gasteiger partial charge >= 0.3 is 5.97 Å². The molecule has 0 saturated heterocycles. The number of nitrogens with one attached hydrogen (secondary N) is 1. The summed E-state index contributed by atoms with van der Waals surface area (Å²) in [7, 11) is 1.85. The summed E-state index contributed by atoms with van der Waals surface area (Å²) < 4.78 is 46.8. The number of esters is 1. The molecule has 0 saturated carbocycles. The number of carbonyl (C=O) groups is 1. The number of aromatic nitrogens is 2. The number of nitrogen functional groups attached to an aromatic ring is 1. The van der Waals surface area contributed by atoms with Crippen LogP contribution >= 0.6 is 11.8 Å². The van der Waals surface area contributed by atoms with Crippen LogP contribution in [-0.4, -0.2) is 58.2 Å². The number of rotatable bonds is 10. The summed E-state index contributed by atoms with van der Waals surface area (Å²) in [5.74, 6) is -5.03. The van der Waals surface area contributed by atoms with E-state index in [1.807, 2.05) is 11.9 Å². The van der Waals surface area contributed by atoms with Gasteiger partial charge in [-0.2, -0.15) is 4.39 Å². The summed E-state index contributed by atoms with van der Waals surface area (Å²) in [5, 5.41) is 18.3. The number of aliphatic imine (C=N–C) groups is 1. The fraction of sp³-hybridized carbons (Fsp3) is 0.167. The second-order valence-corrected chi connectivity index (χ2v) is 10.5. The Bertz CT molecular complexity index is 1760. The van der Waals surface area contributed by atoms with E-state index in [4.69, 9.17) is 25.4 Å². The molecule has 4 N–H and O–H groups in total. The van der Waals surface area contributed by atoms with Gasteiger partial charge in [0, 0.05) is 35.0 Å². The van der Waals surface area contributed by atoms with Crippen LogP contribution in [0.15, 0.2) is 75.8 Å². The van der Waals surface area contributed by atoms with Gasteiger partial charge in [0.1, 0.15) is 22.8 Å². The van der Waals surface area contributed by atoms with Crippen molar-refractivity contribution >= 4 is 29.8 Å². The average molecular weight is 621 g/mol. The van der Waals surface area contributed by atoms with Gasteiger partial charge in [-0.3, -0.25) is 15.3 Å². The first-order valence-corrected chi connectivity index (χ1v) is 14.0. The van der Waals surface area contributed by atoms with E-state index in [1.54, 1.807) is 43.5 Å². The number of amidine groups is 1.